The highest BCUT2D eigenvalue weighted by Crippen LogP contribution is 2.32. The topological polar surface area (TPSA) is 27.7 Å². The Morgan fingerprint density at radius 1 is 0.400 bits per heavy atom. The van der Waals surface area contributed by atoms with Gasteiger partial charge >= 0.3 is 5.97 Å². The molecule has 0 amide bonds. The molecule has 0 fully saturated rings. The smallest absolute Gasteiger partial charge is 0.416 e. The summed E-state index contributed by atoms with van der Waals surface area (Å²) in [5.74, 6) is 1.66. The van der Waals surface area contributed by atoms with E-state index in [4.69, 9.17) is 14.2 Å². The fourth-order valence-electron chi connectivity index (χ4n) is 5.49. The highest BCUT2D eigenvalue weighted by molar-refractivity contribution is 5.02. The van der Waals surface area contributed by atoms with Gasteiger partial charge in [-0.25, -0.2) is 0 Å². The van der Waals surface area contributed by atoms with Crippen LogP contribution in [0.1, 0.15) is 154 Å². The summed E-state index contributed by atoms with van der Waals surface area (Å²) in [4.78, 5) is 0. The maximum Gasteiger partial charge on any atom is 0.416 e. The number of allylic oxidation sites excluding steroid dienone is 6. The highest BCUT2D eigenvalue weighted by atomic mass is 16.9. The maximum atomic E-state index is 6.60. The molecule has 0 aromatic carbocycles. The predicted molar refractivity (Wildman–Crippen MR) is 146 cm³/mol. The van der Waals surface area contributed by atoms with E-state index in [1.165, 1.54) is 96.3 Å². The Balaban J connectivity index is 1.76. The second kappa shape index (κ2) is 17.1. The van der Waals surface area contributed by atoms with Crippen molar-refractivity contribution in [2.45, 2.75) is 160 Å². The Morgan fingerprint density at radius 3 is 0.971 bits per heavy atom. The van der Waals surface area contributed by atoms with Crippen molar-refractivity contribution in [1.82, 2.24) is 0 Å². The zero-order valence-electron chi connectivity index (χ0n) is 22.6. The first-order valence-electron chi connectivity index (χ1n) is 15.2. The van der Waals surface area contributed by atoms with E-state index in [9.17, 15) is 0 Å². The molecule has 3 heteroatoms. The van der Waals surface area contributed by atoms with E-state index in [1.54, 1.807) is 0 Å². The van der Waals surface area contributed by atoms with E-state index in [2.05, 4.69) is 25.2 Å². The van der Waals surface area contributed by atoms with Crippen LogP contribution in [0.3, 0.4) is 0 Å². The van der Waals surface area contributed by atoms with E-state index in [1.807, 2.05) is 0 Å². The fraction of sp³-hybridized carbons (Fsp3) is 0.781. The SMILES string of the molecule is [CH2]C(O/C1=C/CCCCCCCC1)(O/C1=C/CCCCCCCC1)O/C1=C/CCCCCCCC1. The van der Waals surface area contributed by atoms with Crippen LogP contribution in [0.5, 0.6) is 0 Å². The van der Waals surface area contributed by atoms with Gasteiger partial charge in [0.1, 0.15) is 17.3 Å². The van der Waals surface area contributed by atoms with Crippen molar-refractivity contribution in [3.63, 3.8) is 0 Å². The molecule has 0 aromatic heterocycles. The third-order valence-corrected chi connectivity index (χ3v) is 7.61. The van der Waals surface area contributed by atoms with Crippen LogP contribution in [0, 0.1) is 6.92 Å². The Kier molecular flexibility index (Phi) is 13.8. The summed E-state index contributed by atoms with van der Waals surface area (Å²) in [5, 5.41) is 0. The second-order valence-electron chi connectivity index (χ2n) is 11.0. The van der Waals surface area contributed by atoms with Crippen LogP contribution in [0.4, 0.5) is 0 Å². The monoisotopic (exact) mass is 485 g/mol. The van der Waals surface area contributed by atoms with Crippen LogP contribution in [0.2, 0.25) is 0 Å². The molecule has 0 atom stereocenters. The van der Waals surface area contributed by atoms with Gasteiger partial charge in [0.15, 0.2) is 0 Å². The van der Waals surface area contributed by atoms with Crippen LogP contribution in [0.15, 0.2) is 35.5 Å². The molecular weight excluding hydrogens is 432 g/mol. The predicted octanol–water partition coefficient (Wildman–Crippen LogP) is 10.6. The number of rotatable bonds is 6. The molecule has 0 aliphatic heterocycles. The minimum Gasteiger partial charge on any atom is -0.425 e. The molecule has 0 saturated heterocycles. The van der Waals surface area contributed by atoms with Gasteiger partial charge < -0.3 is 14.2 Å². The van der Waals surface area contributed by atoms with Crippen molar-refractivity contribution < 1.29 is 14.2 Å². The van der Waals surface area contributed by atoms with Crippen molar-refractivity contribution in [2.24, 2.45) is 0 Å². The zero-order chi connectivity index (χ0) is 24.4. The first-order chi connectivity index (χ1) is 17.2. The van der Waals surface area contributed by atoms with E-state index < -0.39 is 5.97 Å². The molecule has 0 unspecified atom stereocenters. The average molecular weight is 486 g/mol. The molecule has 0 spiro atoms. The van der Waals surface area contributed by atoms with Gasteiger partial charge in [-0.15, -0.1) is 0 Å². The summed E-state index contributed by atoms with van der Waals surface area (Å²) < 4.78 is 19.8. The largest absolute Gasteiger partial charge is 0.425 e. The minimum atomic E-state index is -1.35. The van der Waals surface area contributed by atoms with Crippen LogP contribution < -0.4 is 0 Å². The summed E-state index contributed by atoms with van der Waals surface area (Å²) in [5.41, 5.74) is 0. The van der Waals surface area contributed by atoms with E-state index in [0.29, 0.717) is 0 Å². The molecule has 35 heavy (non-hydrogen) atoms. The molecule has 199 valence electrons. The normalized spacial score (nSPS) is 27.5. The minimum absolute atomic E-state index is 0.947. The summed E-state index contributed by atoms with van der Waals surface area (Å²) >= 11 is 0. The Hall–Kier alpha value is -1.38. The van der Waals surface area contributed by atoms with Gasteiger partial charge in [-0.1, -0.05) is 77.0 Å². The summed E-state index contributed by atoms with van der Waals surface area (Å²) in [6, 6.07) is 0. The molecular formula is C32H53O3. The fourth-order valence-corrected chi connectivity index (χ4v) is 5.49. The molecule has 1 radical (unpaired) electrons. The third-order valence-electron chi connectivity index (χ3n) is 7.61. The molecule has 3 aliphatic rings. The van der Waals surface area contributed by atoms with Crippen molar-refractivity contribution in [2.75, 3.05) is 0 Å². The van der Waals surface area contributed by atoms with Gasteiger partial charge in [0.05, 0.1) is 6.92 Å². The second-order valence-corrected chi connectivity index (χ2v) is 11.0. The lowest BCUT2D eigenvalue weighted by Crippen LogP contribution is -2.36. The van der Waals surface area contributed by atoms with Crippen LogP contribution in [0.25, 0.3) is 0 Å². The first-order valence-corrected chi connectivity index (χ1v) is 15.2. The standard InChI is InChI=1S/C32H53O3/c1-32(33-29-23-17-11-5-2-6-12-18-24-29,34-30-25-19-13-7-3-8-14-20-26-30)35-31-27-21-15-9-4-10-16-22-28-31/h23,25,27H,1-22,24,26,28H2/b29-23+,30-25+,31-27+. The van der Waals surface area contributed by atoms with E-state index >= 15 is 0 Å². The lowest BCUT2D eigenvalue weighted by Gasteiger charge is -2.34. The summed E-state index contributed by atoms with van der Waals surface area (Å²) in [6.45, 7) is 4.45. The molecule has 3 aliphatic carbocycles. The molecule has 0 heterocycles. The Bertz CT molecular complexity index is 571. The average Bonchev–Trinajstić information content (AvgIpc) is 2.86. The Labute approximate surface area is 216 Å². The molecule has 0 bridgehead atoms. The Morgan fingerprint density at radius 2 is 0.657 bits per heavy atom. The molecule has 0 saturated carbocycles. The van der Waals surface area contributed by atoms with Crippen LogP contribution in [-0.4, -0.2) is 5.97 Å². The zero-order valence-corrected chi connectivity index (χ0v) is 22.6. The number of hydrogen-bond donors (Lipinski definition) is 0. The van der Waals surface area contributed by atoms with Gasteiger partial charge in [0.2, 0.25) is 0 Å². The van der Waals surface area contributed by atoms with E-state index in [0.717, 1.165) is 75.1 Å². The van der Waals surface area contributed by atoms with E-state index in [-0.39, 0.29) is 0 Å². The molecule has 3 rings (SSSR count). The molecule has 0 N–H and O–H groups in total. The summed E-state index contributed by atoms with van der Waals surface area (Å²) in [7, 11) is 0. The van der Waals surface area contributed by atoms with Crippen LogP contribution in [-0.2, 0) is 14.2 Å². The van der Waals surface area contributed by atoms with Gasteiger partial charge in [-0.2, -0.15) is 0 Å². The van der Waals surface area contributed by atoms with Crippen LogP contribution >= 0.6 is 0 Å². The van der Waals surface area contributed by atoms with Crippen molar-refractivity contribution in [3.05, 3.63) is 42.4 Å². The van der Waals surface area contributed by atoms with Crippen molar-refractivity contribution in [1.29, 1.82) is 0 Å². The van der Waals surface area contributed by atoms with Gasteiger partial charge in [-0.05, 0) is 76.0 Å². The van der Waals surface area contributed by atoms with Crippen molar-refractivity contribution in [3.8, 4) is 0 Å². The lowest BCUT2D eigenvalue weighted by atomic mass is 10.0. The van der Waals surface area contributed by atoms with Gasteiger partial charge in [-0.3, -0.25) is 0 Å². The first kappa shape index (κ1) is 28.2. The lowest BCUT2D eigenvalue weighted by molar-refractivity contribution is -0.308. The van der Waals surface area contributed by atoms with Gasteiger partial charge in [0.25, 0.3) is 0 Å². The number of ether oxygens (including phenoxy) is 3. The number of hydrogen-bond acceptors (Lipinski definition) is 3. The summed E-state index contributed by atoms with van der Waals surface area (Å²) in [6.07, 6.45) is 35.8. The third kappa shape index (κ3) is 12.4. The quantitative estimate of drug-likeness (QED) is 0.350. The molecule has 3 nitrogen and oxygen atoms in total. The highest BCUT2D eigenvalue weighted by Gasteiger charge is 2.34. The van der Waals surface area contributed by atoms with Crippen molar-refractivity contribution >= 4 is 0 Å². The maximum absolute atomic E-state index is 6.60. The molecule has 0 aromatic rings. The van der Waals surface area contributed by atoms with Gasteiger partial charge in [0, 0.05) is 19.3 Å².